The molecule has 1 aromatic carbocycles. The van der Waals surface area contributed by atoms with Crippen LogP contribution in [0, 0.1) is 0 Å². The first-order valence-corrected chi connectivity index (χ1v) is 5.73. The van der Waals surface area contributed by atoms with Crippen LogP contribution in [-0.4, -0.2) is 15.0 Å². The molecule has 102 valence electrons. The van der Waals surface area contributed by atoms with Gasteiger partial charge in [0, 0.05) is 6.20 Å². The minimum atomic E-state index is -4.39. The zero-order valence-corrected chi connectivity index (χ0v) is 10.1. The third-order valence-electron chi connectivity index (χ3n) is 2.87. The fourth-order valence-corrected chi connectivity index (χ4v) is 1.91. The summed E-state index contributed by atoms with van der Waals surface area (Å²) in [6, 6.07) is 6.65. The number of H-pyrrole nitrogens is 1. The number of hydrogen-bond acceptors (Lipinski definition) is 3. The Bertz CT molecular complexity index is 777. The van der Waals surface area contributed by atoms with E-state index in [0.717, 1.165) is 12.1 Å². The predicted octanol–water partition coefficient (Wildman–Crippen LogP) is 3.23. The minimum Gasteiger partial charge on any atom is -0.397 e. The molecular weight excluding hydrogens is 269 g/mol. The zero-order chi connectivity index (χ0) is 14.3. The van der Waals surface area contributed by atoms with Gasteiger partial charge >= 0.3 is 6.18 Å². The van der Waals surface area contributed by atoms with Crippen molar-refractivity contribution >= 4 is 16.7 Å². The van der Waals surface area contributed by atoms with Gasteiger partial charge in [-0.3, -0.25) is 4.98 Å². The number of nitrogen functional groups attached to an aromatic ring is 1. The van der Waals surface area contributed by atoms with E-state index in [2.05, 4.69) is 15.0 Å². The maximum absolute atomic E-state index is 12.6. The summed E-state index contributed by atoms with van der Waals surface area (Å²) in [5, 5.41) is 0. The lowest BCUT2D eigenvalue weighted by atomic mass is 10.2. The number of aromatic nitrogens is 3. The van der Waals surface area contributed by atoms with Gasteiger partial charge in [0.15, 0.2) is 5.82 Å². The number of alkyl halides is 3. The molecule has 3 rings (SSSR count). The quantitative estimate of drug-likeness (QED) is 0.718. The molecule has 0 aliphatic carbocycles. The summed E-state index contributed by atoms with van der Waals surface area (Å²) in [7, 11) is 0. The first kappa shape index (κ1) is 12.5. The Hall–Kier alpha value is -2.57. The number of nitrogens with two attached hydrogens (primary N) is 1. The number of aromatic amines is 1. The second-order valence-electron chi connectivity index (χ2n) is 4.26. The summed E-state index contributed by atoms with van der Waals surface area (Å²) in [5.74, 6) is 0.345. The fourth-order valence-electron chi connectivity index (χ4n) is 1.91. The normalized spacial score (nSPS) is 11.9. The largest absolute Gasteiger partial charge is 0.416 e. The van der Waals surface area contributed by atoms with Gasteiger partial charge in [-0.2, -0.15) is 13.2 Å². The molecule has 0 aliphatic rings. The van der Waals surface area contributed by atoms with Gasteiger partial charge in [0.05, 0.1) is 22.3 Å². The summed E-state index contributed by atoms with van der Waals surface area (Å²) >= 11 is 0. The Labute approximate surface area is 111 Å². The Morgan fingerprint density at radius 2 is 1.95 bits per heavy atom. The number of hydrogen-bond donors (Lipinski definition) is 2. The smallest absolute Gasteiger partial charge is 0.397 e. The van der Waals surface area contributed by atoms with Crippen molar-refractivity contribution in [2.75, 3.05) is 5.73 Å². The third kappa shape index (κ3) is 2.07. The number of nitrogens with zero attached hydrogens (tertiary/aromatic N) is 2. The van der Waals surface area contributed by atoms with Gasteiger partial charge in [-0.25, -0.2) is 4.98 Å². The Morgan fingerprint density at radius 1 is 1.15 bits per heavy atom. The number of fused-ring (bicyclic) bond motifs is 1. The number of anilines is 1. The van der Waals surface area contributed by atoms with E-state index >= 15 is 0 Å². The highest BCUT2D eigenvalue weighted by Gasteiger charge is 2.30. The molecule has 2 heterocycles. The van der Waals surface area contributed by atoms with E-state index in [0.29, 0.717) is 28.2 Å². The summed E-state index contributed by atoms with van der Waals surface area (Å²) < 4.78 is 37.9. The fraction of sp³-hybridized carbons (Fsp3) is 0.0769. The Balaban J connectivity index is 2.14. The van der Waals surface area contributed by atoms with E-state index in [-0.39, 0.29) is 0 Å². The SMILES string of the molecule is Nc1cccnc1-c1nc2ccc(C(F)(F)F)cc2[nH]1. The van der Waals surface area contributed by atoms with Crippen LogP contribution in [0.5, 0.6) is 0 Å². The molecule has 0 fully saturated rings. The molecule has 3 aromatic rings. The molecule has 0 bridgehead atoms. The molecule has 3 N–H and O–H groups in total. The van der Waals surface area contributed by atoms with Gasteiger partial charge in [-0.1, -0.05) is 0 Å². The van der Waals surface area contributed by atoms with Crippen LogP contribution in [0.4, 0.5) is 18.9 Å². The third-order valence-corrected chi connectivity index (χ3v) is 2.87. The van der Waals surface area contributed by atoms with Crippen molar-refractivity contribution in [3.05, 3.63) is 42.1 Å². The molecular formula is C13H9F3N4. The van der Waals surface area contributed by atoms with Crippen LogP contribution in [0.1, 0.15) is 5.56 Å². The number of imidazole rings is 1. The predicted molar refractivity (Wildman–Crippen MR) is 68.7 cm³/mol. The van der Waals surface area contributed by atoms with Gasteiger partial charge in [0.25, 0.3) is 0 Å². The van der Waals surface area contributed by atoms with Crippen LogP contribution >= 0.6 is 0 Å². The number of nitrogens with one attached hydrogen (secondary N) is 1. The van der Waals surface area contributed by atoms with Gasteiger partial charge in [0.2, 0.25) is 0 Å². The van der Waals surface area contributed by atoms with Crippen LogP contribution < -0.4 is 5.73 Å². The highest BCUT2D eigenvalue weighted by Crippen LogP contribution is 2.31. The maximum atomic E-state index is 12.6. The summed E-state index contributed by atoms with van der Waals surface area (Å²) in [6.45, 7) is 0. The van der Waals surface area contributed by atoms with Crippen LogP contribution in [-0.2, 0) is 6.18 Å². The van der Waals surface area contributed by atoms with E-state index in [1.165, 1.54) is 6.07 Å². The van der Waals surface area contributed by atoms with Gasteiger partial charge in [-0.15, -0.1) is 0 Å². The topological polar surface area (TPSA) is 67.6 Å². The maximum Gasteiger partial charge on any atom is 0.416 e. The average Bonchev–Trinajstić information content (AvgIpc) is 2.80. The van der Waals surface area contributed by atoms with Crippen molar-refractivity contribution in [2.24, 2.45) is 0 Å². The van der Waals surface area contributed by atoms with E-state index < -0.39 is 11.7 Å². The first-order chi connectivity index (χ1) is 9.45. The molecule has 2 aromatic heterocycles. The minimum absolute atomic E-state index is 0.292. The monoisotopic (exact) mass is 278 g/mol. The molecule has 4 nitrogen and oxygen atoms in total. The van der Waals surface area contributed by atoms with Crippen molar-refractivity contribution in [1.29, 1.82) is 0 Å². The summed E-state index contributed by atoms with van der Waals surface area (Å²) in [5.41, 5.74) is 6.58. The Morgan fingerprint density at radius 3 is 2.65 bits per heavy atom. The lowest BCUT2D eigenvalue weighted by Gasteiger charge is -2.05. The van der Waals surface area contributed by atoms with E-state index in [9.17, 15) is 13.2 Å². The molecule has 0 radical (unpaired) electrons. The number of benzene rings is 1. The van der Waals surface area contributed by atoms with Crippen LogP contribution in [0.2, 0.25) is 0 Å². The van der Waals surface area contributed by atoms with E-state index in [1.807, 2.05) is 0 Å². The molecule has 0 atom stereocenters. The zero-order valence-electron chi connectivity index (χ0n) is 10.1. The van der Waals surface area contributed by atoms with Crippen molar-refractivity contribution < 1.29 is 13.2 Å². The van der Waals surface area contributed by atoms with Crippen molar-refractivity contribution in [3.8, 4) is 11.5 Å². The molecule has 20 heavy (non-hydrogen) atoms. The summed E-state index contributed by atoms with van der Waals surface area (Å²) in [4.78, 5) is 11.1. The number of halogens is 3. The standard InChI is InChI=1S/C13H9F3N4/c14-13(15,16)7-3-4-9-10(6-7)20-12(19-9)11-8(17)2-1-5-18-11/h1-6H,17H2,(H,19,20). The molecule has 0 amide bonds. The number of pyridine rings is 1. The first-order valence-electron chi connectivity index (χ1n) is 5.73. The second-order valence-corrected chi connectivity index (χ2v) is 4.26. The highest BCUT2D eigenvalue weighted by molar-refractivity contribution is 5.81. The lowest BCUT2D eigenvalue weighted by molar-refractivity contribution is -0.137. The van der Waals surface area contributed by atoms with Crippen molar-refractivity contribution in [3.63, 3.8) is 0 Å². The summed E-state index contributed by atoms with van der Waals surface area (Å²) in [6.07, 6.45) is -2.84. The van der Waals surface area contributed by atoms with E-state index in [4.69, 9.17) is 5.73 Å². The molecule has 0 saturated heterocycles. The molecule has 0 saturated carbocycles. The molecule has 0 aliphatic heterocycles. The Kier molecular flexibility index (Phi) is 2.63. The van der Waals surface area contributed by atoms with Crippen molar-refractivity contribution in [1.82, 2.24) is 15.0 Å². The van der Waals surface area contributed by atoms with Gasteiger partial charge < -0.3 is 10.7 Å². The van der Waals surface area contributed by atoms with Gasteiger partial charge in [-0.05, 0) is 30.3 Å². The molecule has 7 heteroatoms. The van der Waals surface area contributed by atoms with Crippen LogP contribution in [0.15, 0.2) is 36.5 Å². The van der Waals surface area contributed by atoms with Gasteiger partial charge in [0.1, 0.15) is 5.69 Å². The van der Waals surface area contributed by atoms with Crippen LogP contribution in [0.25, 0.3) is 22.6 Å². The van der Waals surface area contributed by atoms with Crippen molar-refractivity contribution in [2.45, 2.75) is 6.18 Å². The molecule has 0 spiro atoms. The highest BCUT2D eigenvalue weighted by atomic mass is 19.4. The lowest BCUT2D eigenvalue weighted by Crippen LogP contribution is -2.04. The average molecular weight is 278 g/mol. The van der Waals surface area contributed by atoms with E-state index in [1.54, 1.807) is 18.3 Å². The second kappa shape index (κ2) is 4.22. The molecule has 0 unspecified atom stereocenters. The number of rotatable bonds is 1. The van der Waals surface area contributed by atoms with Crippen LogP contribution in [0.3, 0.4) is 0 Å².